The highest BCUT2D eigenvalue weighted by Gasteiger charge is 2.40. The van der Waals surface area contributed by atoms with E-state index < -0.39 is 5.79 Å². The Hall–Kier alpha value is -3.27. The van der Waals surface area contributed by atoms with Crippen molar-refractivity contribution in [3.8, 4) is 0 Å². The van der Waals surface area contributed by atoms with E-state index in [9.17, 15) is 0 Å². The highest BCUT2D eigenvalue weighted by molar-refractivity contribution is 5.91. The molecule has 2 aliphatic rings. The molecule has 9 nitrogen and oxygen atoms in total. The van der Waals surface area contributed by atoms with Crippen LogP contribution < -0.4 is 5.32 Å². The van der Waals surface area contributed by atoms with Crippen molar-refractivity contribution in [2.45, 2.75) is 18.6 Å². The van der Waals surface area contributed by atoms with Crippen LogP contribution in [0.4, 0.5) is 6.01 Å². The Kier molecular flexibility index (Phi) is 6.57. The predicted molar refractivity (Wildman–Crippen MR) is 127 cm³/mol. The molecular weight excluding hydrogens is 434 g/mol. The predicted octanol–water partition coefficient (Wildman–Crippen LogP) is 3.20. The molecule has 1 atom stereocenters. The molecule has 5 rings (SSSR count). The van der Waals surface area contributed by atoms with Gasteiger partial charge in [-0.05, 0) is 18.6 Å². The highest BCUT2D eigenvalue weighted by atomic mass is 16.7. The maximum absolute atomic E-state index is 6.16. The van der Waals surface area contributed by atoms with E-state index in [-0.39, 0.29) is 5.92 Å². The van der Waals surface area contributed by atoms with Gasteiger partial charge in [0.1, 0.15) is 0 Å². The van der Waals surface area contributed by atoms with Crippen LogP contribution in [-0.2, 0) is 20.0 Å². The summed E-state index contributed by atoms with van der Waals surface area (Å²) in [7, 11) is 1.74. The second kappa shape index (κ2) is 9.92. The Labute approximate surface area is 198 Å². The fourth-order valence-corrected chi connectivity index (χ4v) is 4.33. The minimum atomic E-state index is -0.913. The van der Waals surface area contributed by atoms with Crippen molar-refractivity contribution >= 4 is 12.0 Å². The Morgan fingerprint density at radius 2 is 1.71 bits per heavy atom. The van der Waals surface area contributed by atoms with E-state index in [0.717, 1.165) is 29.8 Å². The van der Waals surface area contributed by atoms with Crippen molar-refractivity contribution in [1.82, 2.24) is 15.1 Å². The van der Waals surface area contributed by atoms with Crippen molar-refractivity contribution in [1.29, 1.82) is 0 Å². The zero-order valence-corrected chi connectivity index (χ0v) is 19.4. The van der Waals surface area contributed by atoms with Crippen molar-refractivity contribution in [3.05, 3.63) is 77.2 Å². The summed E-state index contributed by atoms with van der Waals surface area (Å²) >= 11 is 0. The first kappa shape index (κ1) is 22.5. The molecule has 9 heteroatoms. The van der Waals surface area contributed by atoms with E-state index in [1.807, 2.05) is 55.5 Å². The molecular formula is C25H29N5O4. The fourth-order valence-electron chi connectivity index (χ4n) is 4.33. The quantitative estimate of drug-likeness (QED) is 0.455. The number of aliphatic imine (C=N–C) groups is 1. The summed E-state index contributed by atoms with van der Waals surface area (Å²) < 4.78 is 23.7. The summed E-state index contributed by atoms with van der Waals surface area (Å²) in [6, 6.07) is 18.5. The molecule has 1 unspecified atom stereocenters. The number of aromatic nitrogens is 2. The summed E-state index contributed by atoms with van der Waals surface area (Å²) in [5.41, 5.74) is 2.93. The smallest absolute Gasteiger partial charge is 0.322 e. The third-order valence-corrected chi connectivity index (χ3v) is 6.17. The van der Waals surface area contributed by atoms with E-state index in [0.29, 0.717) is 44.3 Å². The van der Waals surface area contributed by atoms with Gasteiger partial charge >= 0.3 is 6.01 Å². The van der Waals surface area contributed by atoms with Gasteiger partial charge < -0.3 is 23.5 Å². The number of anilines is 1. The largest absolute Gasteiger partial charge is 0.407 e. The molecule has 34 heavy (non-hydrogen) atoms. The molecule has 1 aromatic heterocycles. The van der Waals surface area contributed by atoms with Gasteiger partial charge in [0.05, 0.1) is 32.3 Å². The molecule has 0 radical (unpaired) electrons. The van der Waals surface area contributed by atoms with Crippen LogP contribution in [0.15, 0.2) is 64.0 Å². The second-order valence-corrected chi connectivity index (χ2v) is 8.24. The van der Waals surface area contributed by atoms with E-state index in [2.05, 4.69) is 31.5 Å². The first-order valence-electron chi connectivity index (χ1n) is 11.5. The van der Waals surface area contributed by atoms with Crippen LogP contribution in [0.3, 0.4) is 0 Å². The van der Waals surface area contributed by atoms with Gasteiger partial charge in [-0.2, -0.15) is 0 Å². The molecule has 3 aromatic rings. The van der Waals surface area contributed by atoms with E-state index in [1.165, 1.54) is 0 Å². The van der Waals surface area contributed by atoms with Gasteiger partial charge in [0, 0.05) is 31.3 Å². The van der Waals surface area contributed by atoms with Crippen LogP contribution in [0.2, 0.25) is 0 Å². The van der Waals surface area contributed by atoms with Crippen LogP contribution in [0, 0.1) is 0 Å². The molecule has 0 saturated carbocycles. The lowest BCUT2D eigenvalue weighted by molar-refractivity contribution is -0.129. The number of nitrogens with one attached hydrogen (secondary N) is 1. The normalized spacial score (nSPS) is 19.2. The number of morpholine rings is 1. The summed E-state index contributed by atoms with van der Waals surface area (Å²) in [4.78, 5) is 6.43. The molecule has 3 heterocycles. The first-order chi connectivity index (χ1) is 16.7. The van der Waals surface area contributed by atoms with E-state index >= 15 is 0 Å². The van der Waals surface area contributed by atoms with Crippen LogP contribution >= 0.6 is 0 Å². The average molecular weight is 464 g/mol. The molecule has 0 bridgehead atoms. The molecule has 1 N–H and O–H groups in total. The van der Waals surface area contributed by atoms with Gasteiger partial charge in [0.15, 0.2) is 0 Å². The first-order valence-corrected chi connectivity index (χ1v) is 11.5. The maximum Gasteiger partial charge on any atom is 0.322 e. The molecule has 2 fully saturated rings. The minimum absolute atomic E-state index is 0.123. The number of rotatable bonds is 5. The summed E-state index contributed by atoms with van der Waals surface area (Å²) in [6.07, 6.45) is 0. The molecule has 0 aliphatic carbocycles. The van der Waals surface area contributed by atoms with Crippen molar-refractivity contribution in [3.63, 3.8) is 0 Å². The Balaban J connectivity index is 1.36. The fraction of sp³-hybridized carbons (Fsp3) is 0.400. The lowest BCUT2D eigenvalue weighted by Gasteiger charge is -2.29. The van der Waals surface area contributed by atoms with Gasteiger partial charge in [0.25, 0.3) is 0 Å². The van der Waals surface area contributed by atoms with Gasteiger partial charge in [-0.1, -0.05) is 53.6 Å². The zero-order chi connectivity index (χ0) is 23.4. The Morgan fingerprint density at radius 3 is 2.44 bits per heavy atom. The SMILES string of the molecule is CN=C(Nc1nnc(C(C)c2cccc(C3(c4ccccc4)OCCO3)c2)o1)N1CCOCC1. The topological polar surface area (TPSA) is 94.2 Å². The number of ether oxygens (including phenoxy) is 3. The Morgan fingerprint density at radius 1 is 0.971 bits per heavy atom. The molecule has 178 valence electrons. The maximum atomic E-state index is 6.16. The number of benzene rings is 2. The molecule has 2 saturated heterocycles. The van der Waals surface area contributed by atoms with Gasteiger partial charge in [0.2, 0.25) is 17.6 Å². The second-order valence-electron chi connectivity index (χ2n) is 8.24. The molecule has 0 spiro atoms. The van der Waals surface area contributed by atoms with Gasteiger partial charge in [-0.3, -0.25) is 10.3 Å². The highest BCUT2D eigenvalue weighted by Crippen LogP contribution is 2.39. The minimum Gasteiger partial charge on any atom is -0.407 e. The van der Waals surface area contributed by atoms with Crippen molar-refractivity contribution in [2.75, 3.05) is 51.9 Å². The van der Waals surface area contributed by atoms with Crippen molar-refractivity contribution in [2.24, 2.45) is 4.99 Å². The monoisotopic (exact) mass is 463 g/mol. The Bertz CT molecular complexity index is 1120. The summed E-state index contributed by atoms with van der Waals surface area (Å²) in [5, 5.41) is 11.6. The summed E-state index contributed by atoms with van der Waals surface area (Å²) in [5.74, 6) is 0.165. The van der Waals surface area contributed by atoms with E-state index in [1.54, 1.807) is 7.05 Å². The van der Waals surface area contributed by atoms with Crippen LogP contribution in [0.25, 0.3) is 0 Å². The number of hydrogen-bond donors (Lipinski definition) is 1. The standard InChI is InChI=1S/C25H29N5O4/c1-18(22-28-29-24(34-22)27-23(26-2)30-11-13-31-14-12-30)19-7-6-10-21(17-19)25(32-15-16-33-25)20-8-4-3-5-9-20/h3-10,17-18H,11-16H2,1-2H3,(H,26,27,29). The lowest BCUT2D eigenvalue weighted by atomic mass is 9.92. The van der Waals surface area contributed by atoms with Crippen LogP contribution in [0.1, 0.15) is 35.4 Å². The number of nitrogens with zero attached hydrogens (tertiary/aromatic N) is 4. The van der Waals surface area contributed by atoms with Gasteiger partial charge in [-0.15, -0.1) is 5.10 Å². The summed E-state index contributed by atoms with van der Waals surface area (Å²) in [6.45, 7) is 5.98. The molecule has 2 aliphatic heterocycles. The third-order valence-electron chi connectivity index (χ3n) is 6.17. The van der Waals surface area contributed by atoms with Crippen LogP contribution in [-0.4, -0.2) is 67.6 Å². The lowest BCUT2D eigenvalue weighted by Crippen LogP contribution is -2.44. The number of hydrogen-bond acceptors (Lipinski definition) is 7. The average Bonchev–Trinajstić information content (AvgIpc) is 3.59. The molecule has 0 amide bonds. The number of guanidine groups is 1. The van der Waals surface area contributed by atoms with Crippen LogP contribution in [0.5, 0.6) is 0 Å². The van der Waals surface area contributed by atoms with E-state index in [4.69, 9.17) is 18.6 Å². The van der Waals surface area contributed by atoms with Crippen molar-refractivity contribution < 1.29 is 18.6 Å². The third kappa shape index (κ3) is 4.42. The van der Waals surface area contributed by atoms with Gasteiger partial charge in [-0.25, -0.2) is 0 Å². The zero-order valence-electron chi connectivity index (χ0n) is 19.4. The molecule has 2 aromatic carbocycles.